The Bertz CT molecular complexity index is 763. The Hall–Kier alpha value is -3.02. The van der Waals surface area contributed by atoms with Gasteiger partial charge in [0.2, 0.25) is 0 Å². The molecule has 1 aromatic carbocycles. The minimum atomic E-state index is -0.271. The van der Waals surface area contributed by atoms with E-state index < -0.39 is 0 Å². The van der Waals surface area contributed by atoms with E-state index in [1.807, 2.05) is 0 Å². The summed E-state index contributed by atoms with van der Waals surface area (Å²) in [4.78, 5) is 22.9. The zero-order valence-corrected chi connectivity index (χ0v) is 10.4. The average Bonchev–Trinajstić information content (AvgIpc) is 2.95. The zero-order valence-electron chi connectivity index (χ0n) is 10.4. The summed E-state index contributed by atoms with van der Waals surface area (Å²) in [5, 5.41) is 3.91. The average molecular weight is 265 g/mol. The summed E-state index contributed by atoms with van der Waals surface area (Å²) in [7, 11) is 0. The third kappa shape index (κ3) is 2.54. The van der Waals surface area contributed by atoms with Gasteiger partial charge in [0.1, 0.15) is 0 Å². The number of carbonyl (C=O) groups excluding carboxylic acids is 1. The van der Waals surface area contributed by atoms with Crippen LogP contribution in [0.1, 0.15) is 15.9 Å². The lowest BCUT2D eigenvalue weighted by Crippen LogP contribution is -2.17. The number of rotatable bonds is 3. The first-order valence-electron chi connectivity index (χ1n) is 5.99. The van der Waals surface area contributed by atoms with Gasteiger partial charge in [-0.2, -0.15) is 5.10 Å². The van der Waals surface area contributed by atoms with Gasteiger partial charge in [-0.3, -0.25) is 9.78 Å². The SMILES string of the molecule is O=C(NN=Cc1ccncc1)c1ccc2nc[nH]c2c1. The summed E-state index contributed by atoms with van der Waals surface area (Å²) >= 11 is 0. The third-order valence-electron chi connectivity index (χ3n) is 2.77. The van der Waals surface area contributed by atoms with Crippen molar-refractivity contribution >= 4 is 23.2 Å². The molecule has 6 heteroatoms. The monoisotopic (exact) mass is 265 g/mol. The minimum Gasteiger partial charge on any atom is -0.345 e. The van der Waals surface area contributed by atoms with Crippen molar-refractivity contribution in [1.82, 2.24) is 20.4 Å². The molecule has 0 radical (unpaired) electrons. The molecule has 2 heterocycles. The van der Waals surface area contributed by atoms with Crippen LogP contribution in [-0.4, -0.2) is 27.1 Å². The van der Waals surface area contributed by atoms with E-state index in [2.05, 4.69) is 25.5 Å². The quantitative estimate of drug-likeness (QED) is 0.558. The molecule has 2 N–H and O–H groups in total. The molecule has 1 amide bonds. The highest BCUT2D eigenvalue weighted by Crippen LogP contribution is 2.11. The first kappa shape index (κ1) is 12.0. The van der Waals surface area contributed by atoms with Crippen LogP contribution in [0.5, 0.6) is 0 Å². The lowest BCUT2D eigenvalue weighted by atomic mass is 10.2. The Balaban J connectivity index is 1.71. The smallest absolute Gasteiger partial charge is 0.271 e. The summed E-state index contributed by atoms with van der Waals surface area (Å²) < 4.78 is 0. The van der Waals surface area contributed by atoms with Crippen LogP contribution in [0.4, 0.5) is 0 Å². The molecule has 0 spiro atoms. The van der Waals surface area contributed by atoms with Crippen LogP contribution >= 0.6 is 0 Å². The number of hydrazone groups is 1. The largest absolute Gasteiger partial charge is 0.345 e. The number of carbonyl (C=O) groups is 1. The third-order valence-corrected chi connectivity index (χ3v) is 2.77. The fraction of sp³-hybridized carbons (Fsp3) is 0. The number of amides is 1. The van der Waals surface area contributed by atoms with Crippen molar-refractivity contribution in [2.45, 2.75) is 0 Å². The highest BCUT2D eigenvalue weighted by Gasteiger charge is 2.05. The maximum Gasteiger partial charge on any atom is 0.271 e. The molecule has 0 atom stereocenters. The van der Waals surface area contributed by atoms with Crippen LogP contribution in [-0.2, 0) is 0 Å². The first-order valence-corrected chi connectivity index (χ1v) is 5.99. The first-order chi connectivity index (χ1) is 9.83. The Labute approximate surface area is 114 Å². The van der Waals surface area contributed by atoms with E-state index in [4.69, 9.17) is 0 Å². The summed E-state index contributed by atoms with van der Waals surface area (Å²) in [6.07, 6.45) is 6.48. The number of fused-ring (bicyclic) bond motifs is 1. The molecule has 0 saturated carbocycles. The molecule has 0 aliphatic heterocycles. The molecule has 0 bridgehead atoms. The number of nitrogens with zero attached hydrogens (tertiary/aromatic N) is 3. The van der Waals surface area contributed by atoms with E-state index in [1.54, 1.807) is 55.3 Å². The standard InChI is InChI=1S/C14H11N5O/c20-14(19-18-8-10-3-5-15-6-4-10)11-1-2-12-13(7-11)17-9-16-12/h1-9H,(H,16,17)(H,19,20). The molecular formula is C14H11N5O. The van der Waals surface area contributed by atoms with E-state index in [9.17, 15) is 4.79 Å². The molecule has 0 aliphatic rings. The molecule has 98 valence electrons. The molecule has 0 fully saturated rings. The molecule has 0 aliphatic carbocycles. The molecule has 2 aromatic heterocycles. The van der Waals surface area contributed by atoms with Gasteiger partial charge in [-0.25, -0.2) is 10.4 Å². The van der Waals surface area contributed by atoms with Gasteiger partial charge in [-0.1, -0.05) is 0 Å². The van der Waals surface area contributed by atoms with E-state index >= 15 is 0 Å². The van der Waals surface area contributed by atoms with Gasteiger partial charge in [0.15, 0.2) is 0 Å². The van der Waals surface area contributed by atoms with Crippen molar-refractivity contribution in [3.8, 4) is 0 Å². The van der Waals surface area contributed by atoms with Gasteiger partial charge in [-0.15, -0.1) is 0 Å². The van der Waals surface area contributed by atoms with Crippen LogP contribution in [0.3, 0.4) is 0 Å². The van der Waals surface area contributed by atoms with E-state index in [0.717, 1.165) is 16.6 Å². The van der Waals surface area contributed by atoms with Crippen molar-refractivity contribution in [1.29, 1.82) is 0 Å². The highest BCUT2D eigenvalue weighted by atomic mass is 16.2. The fourth-order valence-corrected chi connectivity index (χ4v) is 1.76. The van der Waals surface area contributed by atoms with Crippen molar-refractivity contribution in [3.05, 3.63) is 60.2 Å². The summed E-state index contributed by atoms with van der Waals surface area (Å²) in [6.45, 7) is 0. The fourth-order valence-electron chi connectivity index (χ4n) is 1.76. The molecule has 0 saturated heterocycles. The Morgan fingerprint density at radius 3 is 2.95 bits per heavy atom. The predicted octanol–water partition coefficient (Wildman–Crippen LogP) is 1.72. The second kappa shape index (κ2) is 5.31. The predicted molar refractivity (Wildman–Crippen MR) is 75.4 cm³/mol. The van der Waals surface area contributed by atoms with Crippen LogP contribution in [0.2, 0.25) is 0 Å². The van der Waals surface area contributed by atoms with Crippen LogP contribution in [0.15, 0.2) is 54.2 Å². The van der Waals surface area contributed by atoms with Gasteiger partial charge in [0.05, 0.1) is 23.6 Å². The van der Waals surface area contributed by atoms with E-state index in [0.29, 0.717) is 5.56 Å². The molecule has 20 heavy (non-hydrogen) atoms. The minimum absolute atomic E-state index is 0.271. The van der Waals surface area contributed by atoms with Crippen molar-refractivity contribution in [2.24, 2.45) is 5.10 Å². The molecule has 3 rings (SSSR count). The second-order valence-electron chi connectivity index (χ2n) is 4.11. The number of pyridine rings is 1. The van der Waals surface area contributed by atoms with Crippen molar-refractivity contribution in [3.63, 3.8) is 0 Å². The lowest BCUT2D eigenvalue weighted by Gasteiger charge is -1.99. The van der Waals surface area contributed by atoms with Gasteiger partial charge in [-0.05, 0) is 35.9 Å². The van der Waals surface area contributed by atoms with Crippen molar-refractivity contribution in [2.75, 3.05) is 0 Å². The number of benzene rings is 1. The Kier molecular flexibility index (Phi) is 3.20. The Morgan fingerprint density at radius 1 is 1.25 bits per heavy atom. The normalized spacial score (nSPS) is 11.0. The van der Waals surface area contributed by atoms with E-state index in [-0.39, 0.29) is 5.91 Å². The number of hydrogen-bond acceptors (Lipinski definition) is 4. The summed E-state index contributed by atoms with van der Waals surface area (Å²) in [6, 6.07) is 8.83. The van der Waals surface area contributed by atoms with E-state index in [1.165, 1.54) is 0 Å². The number of hydrogen-bond donors (Lipinski definition) is 2. The number of H-pyrrole nitrogens is 1. The van der Waals surface area contributed by atoms with Gasteiger partial charge in [0, 0.05) is 18.0 Å². The maximum atomic E-state index is 11.9. The van der Waals surface area contributed by atoms with Gasteiger partial charge < -0.3 is 4.98 Å². The number of aromatic nitrogens is 3. The summed E-state index contributed by atoms with van der Waals surface area (Å²) in [5.74, 6) is -0.271. The topological polar surface area (TPSA) is 83.0 Å². The van der Waals surface area contributed by atoms with Crippen LogP contribution < -0.4 is 5.43 Å². The number of aromatic amines is 1. The van der Waals surface area contributed by atoms with Crippen LogP contribution in [0, 0.1) is 0 Å². The molecule has 0 unspecified atom stereocenters. The maximum absolute atomic E-state index is 11.9. The highest BCUT2D eigenvalue weighted by molar-refractivity contribution is 5.97. The van der Waals surface area contributed by atoms with Gasteiger partial charge >= 0.3 is 0 Å². The van der Waals surface area contributed by atoms with Crippen LogP contribution in [0.25, 0.3) is 11.0 Å². The zero-order chi connectivity index (χ0) is 13.8. The molecule has 6 nitrogen and oxygen atoms in total. The molecule has 3 aromatic rings. The number of nitrogens with one attached hydrogen (secondary N) is 2. The molecular weight excluding hydrogens is 254 g/mol. The Morgan fingerprint density at radius 2 is 2.10 bits per heavy atom. The summed E-state index contributed by atoms with van der Waals surface area (Å²) in [5.41, 5.74) is 5.50. The number of imidazole rings is 1. The lowest BCUT2D eigenvalue weighted by molar-refractivity contribution is 0.0955. The second-order valence-corrected chi connectivity index (χ2v) is 4.11. The van der Waals surface area contributed by atoms with Gasteiger partial charge in [0.25, 0.3) is 5.91 Å². The van der Waals surface area contributed by atoms with Crippen molar-refractivity contribution < 1.29 is 4.79 Å².